The largest absolute Gasteiger partial charge is 0.478 e. The van der Waals surface area contributed by atoms with Crippen molar-refractivity contribution >= 4 is 29.5 Å². The smallest absolute Gasteiger partial charge is 0.337 e. The molecule has 0 bridgehead atoms. The van der Waals surface area contributed by atoms with Crippen LogP contribution in [-0.2, 0) is 0 Å². The fourth-order valence-corrected chi connectivity index (χ4v) is 1.80. The first-order valence-corrected chi connectivity index (χ1v) is 5.54. The molecule has 2 aromatic heterocycles. The molecule has 0 saturated carbocycles. The molecule has 0 aliphatic rings. The molecule has 1 N–H and O–H groups in total. The van der Waals surface area contributed by atoms with Crippen molar-refractivity contribution in [2.45, 2.75) is 0 Å². The minimum Gasteiger partial charge on any atom is -0.478 e. The van der Waals surface area contributed by atoms with Crippen molar-refractivity contribution in [2.75, 3.05) is 0 Å². The van der Waals surface area contributed by atoms with Gasteiger partial charge in [-0.05, 0) is 35.7 Å². The molecule has 0 aliphatic carbocycles. The molecule has 0 aliphatic heterocycles. The number of rotatable bonds is 3. The molecule has 3 nitrogen and oxygen atoms in total. The Morgan fingerprint density at radius 2 is 2.19 bits per heavy atom. The van der Waals surface area contributed by atoms with E-state index in [1.807, 2.05) is 29.7 Å². The summed E-state index contributed by atoms with van der Waals surface area (Å²) < 4.78 is 0. The van der Waals surface area contributed by atoms with Crippen LogP contribution in [0.1, 0.15) is 20.9 Å². The molecule has 16 heavy (non-hydrogen) atoms. The van der Waals surface area contributed by atoms with Gasteiger partial charge in [0.2, 0.25) is 0 Å². The van der Waals surface area contributed by atoms with Crippen molar-refractivity contribution in [2.24, 2.45) is 0 Å². The number of nitrogens with zero attached hydrogens (tertiary/aromatic N) is 1. The van der Waals surface area contributed by atoms with Gasteiger partial charge in [-0.1, -0.05) is 6.07 Å². The third kappa shape index (κ3) is 2.55. The Labute approximate surface area is 96.7 Å². The highest BCUT2D eigenvalue weighted by atomic mass is 32.1. The fraction of sp³-hybridized carbons (Fsp3) is 0. The molecule has 0 unspecified atom stereocenters. The van der Waals surface area contributed by atoms with Crippen LogP contribution < -0.4 is 0 Å². The van der Waals surface area contributed by atoms with Crippen LogP contribution in [0, 0.1) is 0 Å². The lowest BCUT2D eigenvalue weighted by molar-refractivity contribution is 0.0696. The molecule has 2 rings (SSSR count). The van der Waals surface area contributed by atoms with E-state index in [0.717, 1.165) is 10.6 Å². The molecule has 80 valence electrons. The second-order valence-electron chi connectivity index (χ2n) is 3.13. The zero-order valence-electron chi connectivity index (χ0n) is 8.33. The van der Waals surface area contributed by atoms with Crippen LogP contribution in [0.2, 0.25) is 0 Å². The van der Waals surface area contributed by atoms with Crippen molar-refractivity contribution in [1.82, 2.24) is 4.98 Å². The van der Waals surface area contributed by atoms with E-state index in [0.29, 0.717) is 0 Å². The van der Waals surface area contributed by atoms with E-state index in [2.05, 4.69) is 4.98 Å². The van der Waals surface area contributed by atoms with Gasteiger partial charge in [0.1, 0.15) is 0 Å². The summed E-state index contributed by atoms with van der Waals surface area (Å²) in [6.07, 6.45) is 5.17. The van der Waals surface area contributed by atoms with Gasteiger partial charge in [-0.15, -0.1) is 11.3 Å². The number of thiophene rings is 1. The zero-order chi connectivity index (χ0) is 11.4. The van der Waals surface area contributed by atoms with Crippen molar-refractivity contribution < 1.29 is 9.90 Å². The zero-order valence-corrected chi connectivity index (χ0v) is 9.15. The van der Waals surface area contributed by atoms with E-state index in [-0.39, 0.29) is 5.56 Å². The Bertz CT molecular complexity index is 500. The number of carboxylic acid groups (broad SMARTS) is 1. The summed E-state index contributed by atoms with van der Waals surface area (Å²) in [6, 6.07) is 7.22. The van der Waals surface area contributed by atoms with Crippen LogP contribution in [0.5, 0.6) is 0 Å². The van der Waals surface area contributed by atoms with Crippen LogP contribution >= 0.6 is 11.3 Å². The topological polar surface area (TPSA) is 50.2 Å². The van der Waals surface area contributed by atoms with Crippen LogP contribution in [0.15, 0.2) is 35.8 Å². The third-order valence-electron chi connectivity index (χ3n) is 1.99. The van der Waals surface area contributed by atoms with Crippen molar-refractivity contribution in [3.05, 3.63) is 52.0 Å². The number of carboxylic acids is 1. The lowest BCUT2D eigenvalue weighted by atomic mass is 10.2. The summed E-state index contributed by atoms with van der Waals surface area (Å²) in [5.41, 5.74) is 0.951. The normalized spacial score (nSPS) is 10.8. The van der Waals surface area contributed by atoms with Gasteiger partial charge in [0.05, 0.1) is 11.3 Å². The highest BCUT2D eigenvalue weighted by molar-refractivity contribution is 7.10. The standard InChI is InChI=1S/C12H9NO2S/c14-12(15)9-3-4-10(13-8-9)5-6-11-2-1-7-16-11/h1-8H,(H,14,15)/b6-5+. The van der Waals surface area contributed by atoms with Crippen LogP contribution in [0.25, 0.3) is 12.2 Å². The molecule has 0 atom stereocenters. The van der Waals surface area contributed by atoms with Crippen molar-refractivity contribution in [1.29, 1.82) is 0 Å². The van der Waals surface area contributed by atoms with Gasteiger partial charge >= 0.3 is 5.97 Å². The van der Waals surface area contributed by atoms with Crippen LogP contribution in [0.4, 0.5) is 0 Å². The second kappa shape index (κ2) is 4.72. The predicted molar refractivity (Wildman–Crippen MR) is 64.4 cm³/mol. The lowest BCUT2D eigenvalue weighted by Crippen LogP contribution is -1.96. The quantitative estimate of drug-likeness (QED) is 0.883. The van der Waals surface area contributed by atoms with E-state index >= 15 is 0 Å². The van der Waals surface area contributed by atoms with E-state index in [1.54, 1.807) is 23.5 Å². The van der Waals surface area contributed by atoms with Crippen LogP contribution in [0.3, 0.4) is 0 Å². The minimum atomic E-state index is -0.957. The number of aromatic nitrogens is 1. The maximum Gasteiger partial charge on any atom is 0.337 e. The molecule has 0 fully saturated rings. The first-order chi connectivity index (χ1) is 7.75. The van der Waals surface area contributed by atoms with E-state index < -0.39 is 5.97 Å². The van der Waals surface area contributed by atoms with Gasteiger partial charge in [-0.3, -0.25) is 4.98 Å². The Hall–Kier alpha value is -1.94. The van der Waals surface area contributed by atoms with E-state index in [1.165, 1.54) is 6.20 Å². The number of carbonyl (C=O) groups is 1. The second-order valence-corrected chi connectivity index (χ2v) is 4.10. The monoisotopic (exact) mass is 231 g/mol. The maximum absolute atomic E-state index is 10.6. The highest BCUT2D eigenvalue weighted by Crippen LogP contribution is 2.12. The Morgan fingerprint density at radius 1 is 1.31 bits per heavy atom. The van der Waals surface area contributed by atoms with E-state index in [9.17, 15) is 4.79 Å². The molecule has 4 heteroatoms. The molecule has 2 heterocycles. The van der Waals surface area contributed by atoms with Crippen LogP contribution in [-0.4, -0.2) is 16.1 Å². The summed E-state index contributed by atoms with van der Waals surface area (Å²) in [7, 11) is 0. The van der Waals surface area contributed by atoms with Gasteiger partial charge in [0.25, 0.3) is 0 Å². The SMILES string of the molecule is O=C(O)c1ccc(/C=C/c2cccs2)nc1. The van der Waals surface area contributed by atoms with Gasteiger partial charge < -0.3 is 5.11 Å². The Kier molecular flexibility index (Phi) is 3.12. The van der Waals surface area contributed by atoms with Crippen molar-refractivity contribution in [3.8, 4) is 0 Å². The number of pyridine rings is 1. The minimum absolute atomic E-state index is 0.202. The van der Waals surface area contributed by atoms with E-state index in [4.69, 9.17) is 5.11 Å². The summed E-state index contributed by atoms with van der Waals surface area (Å²) >= 11 is 1.64. The third-order valence-corrected chi connectivity index (χ3v) is 2.83. The van der Waals surface area contributed by atoms with Gasteiger partial charge in [-0.25, -0.2) is 4.79 Å². The predicted octanol–water partition coefficient (Wildman–Crippen LogP) is 3.01. The molecular formula is C12H9NO2S. The average molecular weight is 231 g/mol. The molecule has 0 aromatic carbocycles. The number of aromatic carboxylic acids is 1. The van der Waals surface area contributed by atoms with Crippen molar-refractivity contribution in [3.63, 3.8) is 0 Å². The summed E-state index contributed by atoms with van der Waals surface area (Å²) in [5, 5.41) is 10.7. The maximum atomic E-state index is 10.6. The van der Waals surface area contributed by atoms with Gasteiger partial charge in [0, 0.05) is 11.1 Å². The van der Waals surface area contributed by atoms with Gasteiger partial charge in [0.15, 0.2) is 0 Å². The highest BCUT2D eigenvalue weighted by Gasteiger charge is 2.00. The fourth-order valence-electron chi connectivity index (χ4n) is 1.18. The molecule has 0 amide bonds. The Morgan fingerprint density at radius 3 is 2.75 bits per heavy atom. The Balaban J connectivity index is 2.14. The molecule has 2 aromatic rings. The number of hydrogen-bond acceptors (Lipinski definition) is 3. The molecular weight excluding hydrogens is 222 g/mol. The molecule has 0 radical (unpaired) electrons. The molecule has 0 saturated heterocycles. The lowest BCUT2D eigenvalue weighted by Gasteiger charge is -1.94. The van der Waals surface area contributed by atoms with Gasteiger partial charge in [-0.2, -0.15) is 0 Å². The summed E-state index contributed by atoms with van der Waals surface area (Å²) in [5.74, 6) is -0.957. The first-order valence-electron chi connectivity index (χ1n) is 4.66. The molecule has 0 spiro atoms. The first kappa shape index (κ1) is 10.6. The average Bonchev–Trinajstić information content (AvgIpc) is 2.80. The summed E-state index contributed by atoms with van der Waals surface area (Å²) in [6.45, 7) is 0. The number of hydrogen-bond donors (Lipinski definition) is 1. The summed E-state index contributed by atoms with van der Waals surface area (Å²) in [4.78, 5) is 15.8.